The minimum atomic E-state index is -2.46. The van der Waals surface area contributed by atoms with E-state index < -0.39 is 18.9 Å². The van der Waals surface area contributed by atoms with Gasteiger partial charge in [-0.05, 0) is 6.54 Å². The van der Waals surface area contributed by atoms with Gasteiger partial charge in [-0.2, -0.15) is 0 Å². The van der Waals surface area contributed by atoms with Gasteiger partial charge in [0, 0.05) is 0 Å². The standard InChI is InChI=1S/C6H11F2NO2/c1-2-9(3-5(7)8)4-6(10)11/h5H,2-4H2,1H3,(H,10,11). The van der Waals surface area contributed by atoms with Crippen LogP contribution in [-0.4, -0.2) is 42.0 Å². The molecular formula is C6H11F2NO2. The van der Waals surface area contributed by atoms with Crippen molar-refractivity contribution < 1.29 is 18.7 Å². The van der Waals surface area contributed by atoms with Gasteiger partial charge in [0.2, 0.25) is 0 Å². The Morgan fingerprint density at radius 3 is 2.45 bits per heavy atom. The molecule has 0 aliphatic heterocycles. The summed E-state index contributed by atoms with van der Waals surface area (Å²) < 4.78 is 23.4. The van der Waals surface area contributed by atoms with Gasteiger partial charge < -0.3 is 5.11 Å². The van der Waals surface area contributed by atoms with E-state index in [-0.39, 0.29) is 6.54 Å². The summed E-state index contributed by atoms with van der Waals surface area (Å²) in [5.74, 6) is -1.08. The van der Waals surface area contributed by atoms with E-state index in [1.54, 1.807) is 6.92 Å². The monoisotopic (exact) mass is 167 g/mol. The third-order valence-electron chi connectivity index (χ3n) is 1.20. The minimum Gasteiger partial charge on any atom is -0.480 e. The highest BCUT2D eigenvalue weighted by molar-refractivity contribution is 5.69. The summed E-state index contributed by atoms with van der Waals surface area (Å²) >= 11 is 0. The number of nitrogens with zero attached hydrogens (tertiary/aromatic N) is 1. The summed E-state index contributed by atoms with van der Waals surface area (Å²) in [6.45, 7) is 1.19. The summed E-state index contributed by atoms with van der Waals surface area (Å²) in [5, 5.41) is 8.24. The Morgan fingerprint density at radius 2 is 2.18 bits per heavy atom. The minimum absolute atomic E-state index is 0.319. The Balaban J connectivity index is 3.66. The van der Waals surface area contributed by atoms with Gasteiger partial charge in [-0.3, -0.25) is 9.69 Å². The van der Waals surface area contributed by atoms with Crippen LogP contribution in [0.2, 0.25) is 0 Å². The van der Waals surface area contributed by atoms with Crippen LogP contribution in [0.3, 0.4) is 0 Å². The zero-order chi connectivity index (χ0) is 8.85. The Kier molecular flexibility index (Phi) is 4.69. The van der Waals surface area contributed by atoms with Crippen molar-refractivity contribution in [3.05, 3.63) is 0 Å². The number of halogens is 2. The molecule has 0 unspecified atom stereocenters. The third kappa shape index (κ3) is 5.72. The second kappa shape index (κ2) is 5.01. The number of aliphatic carboxylic acids is 1. The number of likely N-dealkylation sites (N-methyl/N-ethyl adjacent to an activating group) is 1. The molecule has 0 amide bonds. The largest absolute Gasteiger partial charge is 0.480 e. The molecule has 3 nitrogen and oxygen atoms in total. The summed E-state index contributed by atoms with van der Waals surface area (Å²) in [4.78, 5) is 11.2. The topological polar surface area (TPSA) is 40.5 Å². The van der Waals surface area contributed by atoms with Gasteiger partial charge in [-0.15, -0.1) is 0 Å². The molecule has 0 aliphatic carbocycles. The molecule has 0 rings (SSSR count). The normalized spacial score (nSPS) is 11.0. The van der Waals surface area contributed by atoms with Crippen molar-refractivity contribution in [2.45, 2.75) is 13.3 Å². The van der Waals surface area contributed by atoms with E-state index in [4.69, 9.17) is 5.11 Å². The fourth-order valence-electron chi connectivity index (χ4n) is 0.692. The average molecular weight is 167 g/mol. The highest BCUT2D eigenvalue weighted by atomic mass is 19.3. The number of rotatable bonds is 5. The van der Waals surface area contributed by atoms with E-state index in [2.05, 4.69) is 0 Å². The molecular weight excluding hydrogens is 156 g/mol. The molecule has 0 bridgehead atoms. The molecule has 0 radical (unpaired) electrons. The van der Waals surface area contributed by atoms with Crippen molar-refractivity contribution in [3.8, 4) is 0 Å². The van der Waals surface area contributed by atoms with Gasteiger partial charge in [0.15, 0.2) is 0 Å². The zero-order valence-corrected chi connectivity index (χ0v) is 6.26. The summed E-state index contributed by atoms with van der Waals surface area (Å²) in [7, 11) is 0. The number of carbonyl (C=O) groups is 1. The molecule has 0 aliphatic rings. The van der Waals surface area contributed by atoms with Crippen LogP contribution in [0.1, 0.15) is 6.92 Å². The fourth-order valence-corrected chi connectivity index (χ4v) is 0.692. The zero-order valence-electron chi connectivity index (χ0n) is 6.26. The highest BCUT2D eigenvalue weighted by Gasteiger charge is 2.12. The van der Waals surface area contributed by atoms with E-state index in [9.17, 15) is 13.6 Å². The Hall–Kier alpha value is -0.710. The van der Waals surface area contributed by atoms with Crippen molar-refractivity contribution >= 4 is 5.97 Å². The predicted octanol–water partition coefficient (Wildman–Crippen LogP) is 0.658. The van der Waals surface area contributed by atoms with Gasteiger partial charge in [-0.25, -0.2) is 8.78 Å². The van der Waals surface area contributed by atoms with Crippen LogP contribution in [0.25, 0.3) is 0 Å². The van der Waals surface area contributed by atoms with Crippen LogP contribution in [0.4, 0.5) is 8.78 Å². The van der Waals surface area contributed by atoms with E-state index >= 15 is 0 Å². The molecule has 5 heteroatoms. The molecule has 0 atom stereocenters. The lowest BCUT2D eigenvalue weighted by Gasteiger charge is -2.16. The van der Waals surface area contributed by atoms with Crippen molar-refractivity contribution in [3.63, 3.8) is 0 Å². The summed E-state index contributed by atoms with van der Waals surface area (Å²) in [5.41, 5.74) is 0. The SMILES string of the molecule is CCN(CC(=O)O)CC(F)F. The second-order valence-corrected chi connectivity index (χ2v) is 2.11. The molecule has 0 saturated carbocycles. The van der Waals surface area contributed by atoms with E-state index in [0.29, 0.717) is 6.54 Å². The molecule has 11 heavy (non-hydrogen) atoms. The quantitative estimate of drug-likeness (QED) is 0.653. The van der Waals surface area contributed by atoms with Gasteiger partial charge in [-0.1, -0.05) is 6.92 Å². The molecule has 0 aromatic carbocycles. The number of hydrogen-bond donors (Lipinski definition) is 1. The van der Waals surface area contributed by atoms with Crippen LogP contribution < -0.4 is 0 Å². The molecule has 0 fully saturated rings. The number of carboxylic acid groups (broad SMARTS) is 1. The first-order valence-electron chi connectivity index (χ1n) is 3.28. The van der Waals surface area contributed by atoms with Crippen molar-refractivity contribution in [2.24, 2.45) is 0 Å². The van der Waals surface area contributed by atoms with Gasteiger partial charge in [0.25, 0.3) is 6.43 Å². The Bertz CT molecular complexity index is 130. The van der Waals surface area contributed by atoms with Crippen molar-refractivity contribution in [1.82, 2.24) is 4.90 Å². The van der Waals surface area contributed by atoms with Gasteiger partial charge in [0.05, 0.1) is 13.1 Å². The molecule has 0 saturated heterocycles. The van der Waals surface area contributed by atoms with E-state index in [1.807, 2.05) is 0 Å². The van der Waals surface area contributed by atoms with Crippen LogP contribution in [0.15, 0.2) is 0 Å². The van der Waals surface area contributed by atoms with Crippen molar-refractivity contribution in [2.75, 3.05) is 19.6 Å². The third-order valence-corrected chi connectivity index (χ3v) is 1.20. The Morgan fingerprint density at radius 1 is 1.64 bits per heavy atom. The summed E-state index contributed by atoms with van der Waals surface area (Å²) in [6.07, 6.45) is -2.46. The van der Waals surface area contributed by atoms with Crippen LogP contribution in [0.5, 0.6) is 0 Å². The lowest BCUT2D eigenvalue weighted by atomic mass is 10.4. The molecule has 0 heterocycles. The first-order valence-corrected chi connectivity index (χ1v) is 3.28. The number of alkyl halides is 2. The summed E-state index contributed by atoms with van der Waals surface area (Å²) in [6, 6.07) is 0. The van der Waals surface area contributed by atoms with E-state index in [0.717, 1.165) is 0 Å². The molecule has 0 aromatic rings. The maximum absolute atomic E-state index is 11.7. The fraction of sp³-hybridized carbons (Fsp3) is 0.833. The molecule has 0 aromatic heterocycles. The molecule has 66 valence electrons. The lowest BCUT2D eigenvalue weighted by Crippen LogP contribution is -2.33. The first kappa shape index (κ1) is 10.3. The van der Waals surface area contributed by atoms with Crippen LogP contribution in [-0.2, 0) is 4.79 Å². The van der Waals surface area contributed by atoms with Crippen LogP contribution >= 0.6 is 0 Å². The van der Waals surface area contributed by atoms with Crippen molar-refractivity contribution in [1.29, 1.82) is 0 Å². The highest BCUT2D eigenvalue weighted by Crippen LogP contribution is 1.96. The first-order chi connectivity index (χ1) is 5.06. The van der Waals surface area contributed by atoms with Gasteiger partial charge in [0.1, 0.15) is 0 Å². The molecule has 0 spiro atoms. The van der Waals surface area contributed by atoms with E-state index in [1.165, 1.54) is 4.90 Å². The smallest absolute Gasteiger partial charge is 0.317 e. The lowest BCUT2D eigenvalue weighted by molar-refractivity contribution is -0.138. The van der Waals surface area contributed by atoms with Crippen LogP contribution in [0, 0.1) is 0 Å². The number of carboxylic acids is 1. The second-order valence-electron chi connectivity index (χ2n) is 2.11. The Labute approximate surface area is 63.6 Å². The number of hydrogen-bond acceptors (Lipinski definition) is 2. The maximum atomic E-state index is 11.7. The molecule has 1 N–H and O–H groups in total. The van der Waals surface area contributed by atoms with Gasteiger partial charge >= 0.3 is 5.97 Å². The maximum Gasteiger partial charge on any atom is 0.317 e. The predicted molar refractivity (Wildman–Crippen MR) is 35.8 cm³/mol. The average Bonchev–Trinajstić information content (AvgIpc) is 1.84.